The zero-order valence-corrected chi connectivity index (χ0v) is 9.11. The van der Waals surface area contributed by atoms with Crippen molar-refractivity contribution in [3.05, 3.63) is 36.5 Å². The highest BCUT2D eigenvalue weighted by Gasteiger charge is 2.14. The average molecular weight is 213 g/mol. The number of benzene rings is 1. The first-order chi connectivity index (χ1) is 7.93. The van der Waals surface area contributed by atoms with Gasteiger partial charge in [0.25, 0.3) is 0 Å². The van der Waals surface area contributed by atoms with Gasteiger partial charge in [-0.05, 0) is 25.1 Å². The maximum absolute atomic E-state index is 4.36. The summed E-state index contributed by atoms with van der Waals surface area (Å²) in [6, 6.07) is 10.9. The molecule has 2 aromatic rings. The summed E-state index contributed by atoms with van der Waals surface area (Å²) >= 11 is 0. The van der Waals surface area contributed by atoms with Gasteiger partial charge in [0.15, 0.2) is 0 Å². The van der Waals surface area contributed by atoms with Crippen LogP contribution in [0.5, 0.6) is 0 Å². The number of pyridine rings is 1. The molecular formula is C13H15N3. The minimum atomic E-state index is 0.547. The number of hydrogen-bond acceptors (Lipinski definition) is 3. The van der Waals surface area contributed by atoms with Crippen molar-refractivity contribution in [1.82, 2.24) is 10.3 Å². The summed E-state index contributed by atoms with van der Waals surface area (Å²) in [7, 11) is 0. The van der Waals surface area contributed by atoms with Crippen molar-refractivity contribution in [2.75, 3.05) is 18.4 Å². The molecule has 2 heterocycles. The van der Waals surface area contributed by atoms with Crippen LogP contribution in [-0.4, -0.2) is 24.1 Å². The minimum Gasteiger partial charge on any atom is -0.380 e. The molecule has 0 radical (unpaired) electrons. The molecule has 0 saturated carbocycles. The second-order valence-corrected chi connectivity index (χ2v) is 4.21. The number of aromatic nitrogens is 1. The van der Waals surface area contributed by atoms with E-state index in [9.17, 15) is 0 Å². The standard InChI is InChI=1S/C13H15N3/c1-2-4-12-11(3-1)13(6-8-15-12)16-10-5-7-14-9-10/h1-4,6,8,10,14H,5,7,9H2,(H,15,16). The lowest BCUT2D eigenvalue weighted by Gasteiger charge is -2.14. The summed E-state index contributed by atoms with van der Waals surface area (Å²) in [6.45, 7) is 2.16. The third kappa shape index (κ3) is 1.74. The van der Waals surface area contributed by atoms with Crippen LogP contribution in [0.4, 0.5) is 5.69 Å². The van der Waals surface area contributed by atoms with E-state index < -0.39 is 0 Å². The van der Waals surface area contributed by atoms with Crippen LogP contribution in [0.1, 0.15) is 6.42 Å². The molecule has 3 rings (SSSR count). The van der Waals surface area contributed by atoms with E-state index in [1.165, 1.54) is 17.5 Å². The maximum Gasteiger partial charge on any atom is 0.0722 e. The molecule has 1 fully saturated rings. The fourth-order valence-electron chi connectivity index (χ4n) is 2.22. The van der Waals surface area contributed by atoms with Crippen LogP contribution in [0.2, 0.25) is 0 Å². The summed E-state index contributed by atoms with van der Waals surface area (Å²) in [6.07, 6.45) is 3.06. The number of nitrogens with zero attached hydrogens (tertiary/aromatic N) is 1. The first kappa shape index (κ1) is 9.60. The normalized spacial score (nSPS) is 20.1. The zero-order valence-electron chi connectivity index (χ0n) is 9.11. The van der Waals surface area contributed by atoms with Crippen molar-refractivity contribution in [2.24, 2.45) is 0 Å². The fraction of sp³-hybridized carbons (Fsp3) is 0.308. The topological polar surface area (TPSA) is 37.0 Å². The molecule has 1 aliphatic rings. The van der Waals surface area contributed by atoms with E-state index in [2.05, 4.69) is 33.8 Å². The Balaban J connectivity index is 1.96. The molecule has 2 N–H and O–H groups in total. The molecule has 0 amide bonds. The molecule has 0 bridgehead atoms. The van der Waals surface area contributed by atoms with Gasteiger partial charge < -0.3 is 10.6 Å². The number of para-hydroxylation sites is 1. The second kappa shape index (κ2) is 4.10. The van der Waals surface area contributed by atoms with Gasteiger partial charge in [0.05, 0.1) is 5.52 Å². The zero-order chi connectivity index (χ0) is 10.8. The first-order valence-electron chi connectivity index (χ1n) is 5.74. The molecule has 1 saturated heterocycles. The number of hydrogen-bond donors (Lipinski definition) is 2. The van der Waals surface area contributed by atoms with Crippen molar-refractivity contribution in [3.8, 4) is 0 Å². The Morgan fingerprint density at radius 2 is 2.19 bits per heavy atom. The van der Waals surface area contributed by atoms with Crippen molar-refractivity contribution >= 4 is 16.6 Å². The Kier molecular flexibility index (Phi) is 2.46. The van der Waals surface area contributed by atoms with Gasteiger partial charge in [-0.25, -0.2) is 0 Å². The Labute approximate surface area is 94.9 Å². The highest BCUT2D eigenvalue weighted by molar-refractivity contribution is 5.90. The molecule has 1 aromatic carbocycles. The number of anilines is 1. The number of rotatable bonds is 2. The van der Waals surface area contributed by atoms with Crippen molar-refractivity contribution < 1.29 is 0 Å². The molecule has 1 aliphatic heterocycles. The van der Waals surface area contributed by atoms with Gasteiger partial charge >= 0.3 is 0 Å². The molecule has 3 heteroatoms. The molecule has 82 valence electrons. The van der Waals surface area contributed by atoms with E-state index in [4.69, 9.17) is 0 Å². The largest absolute Gasteiger partial charge is 0.380 e. The number of fused-ring (bicyclic) bond motifs is 1. The minimum absolute atomic E-state index is 0.547. The first-order valence-corrected chi connectivity index (χ1v) is 5.74. The Hall–Kier alpha value is -1.61. The van der Waals surface area contributed by atoms with Crippen LogP contribution in [0, 0.1) is 0 Å². The second-order valence-electron chi connectivity index (χ2n) is 4.21. The third-order valence-electron chi connectivity index (χ3n) is 3.07. The Morgan fingerprint density at radius 1 is 1.25 bits per heavy atom. The SMILES string of the molecule is c1ccc2c(NC3CCNC3)ccnc2c1. The van der Waals surface area contributed by atoms with E-state index in [0.717, 1.165) is 18.6 Å². The number of nitrogens with one attached hydrogen (secondary N) is 2. The molecule has 1 atom stereocenters. The van der Waals surface area contributed by atoms with Crippen LogP contribution in [0.3, 0.4) is 0 Å². The molecule has 3 nitrogen and oxygen atoms in total. The van der Waals surface area contributed by atoms with E-state index in [1.807, 2.05) is 18.3 Å². The van der Waals surface area contributed by atoms with E-state index in [1.54, 1.807) is 0 Å². The van der Waals surface area contributed by atoms with Gasteiger partial charge in [-0.2, -0.15) is 0 Å². The van der Waals surface area contributed by atoms with Gasteiger partial charge in [0, 0.05) is 29.9 Å². The highest BCUT2D eigenvalue weighted by Crippen LogP contribution is 2.22. The Morgan fingerprint density at radius 3 is 3.06 bits per heavy atom. The highest BCUT2D eigenvalue weighted by atomic mass is 15.0. The van der Waals surface area contributed by atoms with E-state index >= 15 is 0 Å². The smallest absolute Gasteiger partial charge is 0.0722 e. The van der Waals surface area contributed by atoms with E-state index in [0.29, 0.717) is 6.04 Å². The lowest BCUT2D eigenvalue weighted by molar-refractivity contribution is 0.794. The Bertz CT molecular complexity index is 484. The van der Waals surface area contributed by atoms with Crippen LogP contribution < -0.4 is 10.6 Å². The lowest BCUT2D eigenvalue weighted by atomic mass is 10.1. The maximum atomic E-state index is 4.36. The van der Waals surface area contributed by atoms with Gasteiger partial charge in [-0.15, -0.1) is 0 Å². The van der Waals surface area contributed by atoms with Gasteiger partial charge in [0.2, 0.25) is 0 Å². The third-order valence-corrected chi connectivity index (χ3v) is 3.07. The van der Waals surface area contributed by atoms with Crippen molar-refractivity contribution in [3.63, 3.8) is 0 Å². The summed E-state index contributed by atoms with van der Waals surface area (Å²) in [5, 5.41) is 8.15. The quantitative estimate of drug-likeness (QED) is 0.801. The molecule has 1 aromatic heterocycles. The molecule has 1 unspecified atom stereocenters. The predicted molar refractivity (Wildman–Crippen MR) is 66.6 cm³/mol. The van der Waals surface area contributed by atoms with E-state index in [-0.39, 0.29) is 0 Å². The van der Waals surface area contributed by atoms with Crippen molar-refractivity contribution in [1.29, 1.82) is 0 Å². The predicted octanol–water partition coefficient (Wildman–Crippen LogP) is 2.01. The van der Waals surface area contributed by atoms with Crippen LogP contribution in [0.15, 0.2) is 36.5 Å². The molecule has 0 spiro atoms. The summed E-state index contributed by atoms with van der Waals surface area (Å²) in [5.41, 5.74) is 2.25. The van der Waals surface area contributed by atoms with Crippen LogP contribution in [-0.2, 0) is 0 Å². The van der Waals surface area contributed by atoms with Gasteiger partial charge in [-0.1, -0.05) is 18.2 Å². The molecule has 0 aliphatic carbocycles. The fourth-order valence-corrected chi connectivity index (χ4v) is 2.22. The molecular weight excluding hydrogens is 198 g/mol. The lowest BCUT2D eigenvalue weighted by Crippen LogP contribution is -2.22. The summed E-state index contributed by atoms with van der Waals surface area (Å²) in [4.78, 5) is 4.36. The van der Waals surface area contributed by atoms with Crippen molar-refractivity contribution in [2.45, 2.75) is 12.5 Å². The van der Waals surface area contributed by atoms with Gasteiger partial charge in [-0.3, -0.25) is 4.98 Å². The monoisotopic (exact) mass is 213 g/mol. The van der Waals surface area contributed by atoms with Gasteiger partial charge in [0.1, 0.15) is 0 Å². The summed E-state index contributed by atoms with van der Waals surface area (Å²) in [5.74, 6) is 0. The van der Waals surface area contributed by atoms with Crippen LogP contribution in [0.25, 0.3) is 10.9 Å². The summed E-state index contributed by atoms with van der Waals surface area (Å²) < 4.78 is 0. The van der Waals surface area contributed by atoms with Crippen LogP contribution >= 0.6 is 0 Å². The average Bonchev–Trinajstić information content (AvgIpc) is 2.82. The molecule has 16 heavy (non-hydrogen) atoms.